The lowest BCUT2D eigenvalue weighted by Crippen LogP contribution is -2.29. The van der Waals surface area contributed by atoms with Gasteiger partial charge in [0, 0.05) is 24.2 Å². The van der Waals surface area contributed by atoms with Crippen molar-refractivity contribution in [1.82, 2.24) is 9.88 Å². The first-order valence-electron chi connectivity index (χ1n) is 7.69. The first-order chi connectivity index (χ1) is 12.0. The van der Waals surface area contributed by atoms with Crippen molar-refractivity contribution >= 4 is 16.8 Å². The molecule has 3 rings (SSSR count). The summed E-state index contributed by atoms with van der Waals surface area (Å²) < 4.78 is 18.1. The summed E-state index contributed by atoms with van der Waals surface area (Å²) in [6, 6.07) is 12.5. The Balaban J connectivity index is 1.86. The average Bonchev–Trinajstić information content (AvgIpc) is 2.62. The monoisotopic (exact) mass is 340 g/mol. The molecule has 0 radical (unpaired) electrons. The number of amides is 1. The molecule has 0 aliphatic carbocycles. The van der Waals surface area contributed by atoms with Crippen molar-refractivity contribution in [2.75, 3.05) is 14.2 Å². The fourth-order valence-electron chi connectivity index (χ4n) is 2.61. The summed E-state index contributed by atoms with van der Waals surface area (Å²) in [5.41, 5.74) is 1.24. The van der Waals surface area contributed by atoms with Gasteiger partial charge < -0.3 is 14.6 Å². The van der Waals surface area contributed by atoms with Crippen molar-refractivity contribution in [3.8, 4) is 5.75 Å². The van der Waals surface area contributed by atoms with Crippen molar-refractivity contribution in [2.24, 2.45) is 0 Å². The standard InChI is InChI=1S/C19H17FN2O3/c1-22(19(24)12-3-6-15(20)7-4-12)11-14-9-13-5-8-16(25-2)10-17(13)21-18(14)23/h3-10H,11H2,1-2H3,(H,21,23). The Morgan fingerprint density at radius 3 is 2.56 bits per heavy atom. The topological polar surface area (TPSA) is 62.4 Å². The fraction of sp³-hybridized carbons (Fsp3) is 0.158. The third kappa shape index (κ3) is 3.52. The van der Waals surface area contributed by atoms with Gasteiger partial charge in [0.15, 0.2) is 0 Å². The quantitative estimate of drug-likeness (QED) is 0.794. The second-order valence-electron chi connectivity index (χ2n) is 5.74. The van der Waals surface area contributed by atoms with Gasteiger partial charge in [0.05, 0.1) is 19.2 Å². The van der Waals surface area contributed by atoms with Gasteiger partial charge in [-0.3, -0.25) is 9.59 Å². The molecule has 2 aromatic carbocycles. The summed E-state index contributed by atoms with van der Waals surface area (Å²) in [7, 11) is 3.16. The third-order valence-electron chi connectivity index (χ3n) is 3.98. The molecular weight excluding hydrogens is 323 g/mol. The SMILES string of the molecule is COc1ccc2cc(CN(C)C(=O)c3ccc(F)cc3)c(=O)[nH]c2c1. The van der Waals surface area contributed by atoms with E-state index in [9.17, 15) is 14.0 Å². The number of halogens is 1. The molecule has 25 heavy (non-hydrogen) atoms. The number of ether oxygens (including phenoxy) is 1. The van der Waals surface area contributed by atoms with Gasteiger partial charge in [0.2, 0.25) is 0 Å². The Bertz CT molecular complexity index is 980. The highest BCUT2D eigenvalue weighted by Gasteiger charge is 2.14. The normalized spacial score (nSPS) is 10.7. The van der Waals surface area contributed by atoms with Gasteiger partial charge in [-0.25, -0.2) is 4.39 Å². The van der Waals surface area contributed by atoms with Crippen molar-refractivity contribution in [3.63, 3.8) is 0 Å². The molecule has 0 bridgehead atoms. The predicted octanol–water partition coefficient (Wildman–Crippen LogP) is 2.95. The molecule has 3 aromatic rings. The van der Waals surface area contributed by atoms with Gasteiger partial charge >= 0.3 is 0 Å². The Hall–Kier alpha value is -3.15. The summed E-state index contributed by atoms with van der Waals surface area (Å²) >= 11 is 0. The molecule has 0 fully saturated rings. The van der Waals surface area contributed by atoms with E-state index in [2.05, 4.69) is 4.98 Å². The minimum Gasteiger partial charge on any atom is -0.497 e. The number of benzene rings is 2. The first kappa shape index (κ1) is 16.7. The lowest BCUT2D eigenvalue weighted by Gasteiger charge is -2.17. The van der Waals surface area contributed by atoms with Crippen LogP contribution in [0.15, 0.2) is 53.3 Å². The minimum atomic E-state index is -0.402. The molecule has 0 saturated heterocycles. The number of hydrogen-bond acceptors (Lipinski definition) is 3. The molecule has 128 valence electrons. The Labute approximate surface area is 143 Å². The minimum absolute atomic E-state index is 0.146. The summed E-state index contributed by atoms with van der Waals surface area (Å²) in [6.07, 6.45) is 0. The predicted molar refractivity (Wildman–Crippen MR) is 93.3 cm³/mol. The first-order valence-corrected chi connectivity index (χ1v) is 7.69. The number of nitrogens with one attached hydrogen (secondary N) is 1. The van der Waals surface area contributed by atoms with Crippen LogP contribution in [-0.4, -0.2) is 29.9 Å². The lowest BCUT2D eigenvalue weighted by atomic mass is 10.1. The number of carbonyl (C=O) groups excluding carboxylic acids is 1. The molecule has 0 aliphatic heterocycles. The fourth-order valence-corrected chi connectivity index (χ4v) is 2.61. The van der Waals surface area contributed by atoms with Gasteiger partial charge in [-0.2, -0.15) is 0 Å². The zero-order valence-corrected chi connectivity index (χ0v) is 13.9. The van der Waals surface area contributed by atoms with Crippen LogP contribution in [0.3, 0.4) is 0 Å². The number of pyridine rings is 1. The summed E-state index contributed by atoms with van der Waals surface area (Å²) in [5.74, 6) is -0.0330. The maximum absolute atomic E-state index is 13.0. The molecular formula is C19H17FN2O3. The smallest absolute Gasteiger partial charge is 0.253 e. The van der Waals surface area contributed by atoms with E-state index in [0.29, 0.717) is 22.4 Å². The molecule has 1 heterocycles. The molecule has 0 atom stereocenters. The van der Waals surface area contributed by atoms with Gasteiger partial charge in [0.25, 0.3) is 11.5 Å². The zero-order valence-electron chi connectivity index (χ0n) is 13.9. The van der Waals surface area contributed by atoms with Crippen LogP contribution >= 0.6 is 0 Å². The molecule has 5 nitrogen and oxygen atoms in total. The van der Waals surface area contributed by atoms with Crippen LogP contribution < -0.4 is 10.3 Å². The van der Waals surface area contributed by atoms with E-state index < -0.39 is 5.82 Å². The number of fused-ring (bicyclic) bond motifs is 1. The van der Waals surface area contributed by atoms with Gasteiger partial charge in [-0.05, 0) is 47.9 Å². The highest BCUT2D eigenvalue weighted by atomic mass is 19.1. The number of hydrogen-bond donors (Lipinski definition) is 1. The summed E-state index contributed by atoms with van der Waals surface area (Å²) in [4.78, 5) is 28.9. The van der Waals surface area contributed by atoms with E-state index in [4.69, 9.17) is 4.74 Å². The molecule has 1 amide bonds. The van der Waals surface area contributed by atoms with E-state index in [0.717, 1.165) is 5.39 Å². The lowest BCUT2D eigenvalue weighted by molar-refractivity contribution is 0.0784. The number of methoxy groups -OCH3 is 1. The number of carbonyl (C=O) groups is 1. The van der Waals surface area contributed by atoms with E-state index in [1.54, 1.807) is 32.4 Å². The molecule has 6 heteroatoms. The van der Waals surface area contributed by atoms with Crippen molar-refractivity contribution in [1.29, 1.82) is 0 Å². The van der Waals surface area contributed by atoms with E-state index >= 15 is 0 Å². The van der Waals surface area contributed by atoms with Crippen LogP contribution in [0.2, 0.25) is 0 Å². The molecule has 0 aliphatic rings. The molecule has 1 N–H and O–H groups in total. The van der Waals surface area contributed by atoms with E-state index in [1.165, 1.54) is 29.2 Å². The van der Waals surface area contributed by atoms with Gasteiger partial charge in [-0.1, -0.05) is 0 Å². The third-order valence-corrected chi connectivity index (χ3v) is 3.98. The van der Waals surface area contributed by atoms with Crippen LogP contribution in [0.25, 0.3) is 10.9 Å². The van der Waals surface area contributed by atoms with Crippen LogP contribution in [0.4, 0.5) is 4.39 Å². The van der Waals surface area contributed by atoms with Crippen molar-refractivity contribution in [2.45, 2.75) is 6.54 Å². The second kappa shape index (κ2) is 6.76. The van der Waals surface area contributed by atoms with E-state index in [-0.39, 0.29) is 18.0 Å². The summed E-state index contributed by atoms with van der Waals surface area (Å²) in [5, 5.41) is 0.845. The Kier molecular flexibility index (Phi) is 4.52. The number of nitrogens with zero attached hydrogens (tertiary/aromatic N) is 1. The average molecular weight is 340 g/mol. The Morgan fingerprint density at radius 2 is 1.88 bits per heavy atom. The van der Waals surface area contributed by atoms with Crippen LogP contribution in [-0.2, 0) is 6.54 Å². The number of rotatable bonds is 4. The molecule has 0 spiro atoms. The van der Waals surface area contributed by atoms with Crippen molar-refractivity contribution in [3.05, 3.63) is 75.8 Å². The van der Waals surface area contributed by atoms with Crippen LogP contribution in [0.1, 0.15) is 15.9 Å². The highest BCUT2D eigenvalue weighted by molar-refractivity contribution is 5.94. The Morgan fingerprint density at radius 1 is 1.16 bits per heavy atom. The van der Waals surface area contributed by atoms with Crippen molar-refractivity contribution < 1.29 is 13.9 Å². The van der Waals surface area contributed by atoms with Gasteiger partial charge in [-0.15, -0.1) is 0 Å². The van der Waals surface area contributed by atoms with Crippen LogP contribution in [0, 0.1) is 5.82 Å². The maximum Gasteiger partial charge on any atom is 0.253 e. The van der Waals surface area contributed by atoms with Crippen LogP contribution in [0.5, 0.6) is 5.75 Å². The zero-order chi connectivity index (χ0) is 18.0. The number of aromatic amines is 1. The largest absolute Gasteiger partial charge is 0.497 e. The second-order valence-corrected chi connectivity index (χ2v) is 5.74. The number of H-pyrrole nitrogens is 1. The maximum atomic E-state index is 13.0. The number of aromatic nitrogens is 1. The molecule has 0 unspecified atom stereocenters. The van der Waals surface area contributed by atoms with Gasteiger partial charge in [0.1, 0.15) is 11.6 Å². The molecule has 0 saturated carbocycles. The van der Waals surface area contributed by atoms with E-state index in [1.807, 2.05) is 6.07 Å². The highest BCUT2D eigenvalue weighted by Crippen LogP contribution is 2.19. The molecule has 1 aromatic heterocycles. The summed E-state index contributed by atoms with van der Waals surface area (Å²) in [6.45, 7) is 0.146.